The molecule has 0 aliphatic rings. The van der Waals surface area contributed by atoms with Crippen LogP contribution in [0.3, 0.4) is 0 Å². The molecule has 0 aliphatic carbocycles. The number of sulfonamides is 1. The summed E-state index contributed by atoms with van der Waals surface area (Å²) < 4.78 is 29.7. The van der Waals surface area contributed by atoms with E-state index in [1.807, 2.05) is 6.92 Å². The van der Waals surface area contributed by atoms with Gasteiger partial charge in [0.2, 0.25) is 10.0 Å². The second-order valence-electron chi connectivity index (χ2n) is 4.07. The first-order valence-corrected chi connectivity index (χ1v) is 7.09. The molecule has 6 nitrogen and oxygen atoms in total. The second kappa shape index (κ2) is 6.93. The molecular weight excluding hydrogens is 246 g/mol. The van der Waals surface area contributed by atoms with Crippen LogP contribution in [0.4, 0.5) is 0 Å². The van der Waals surface area contributed by atoms with E-state index in [4.69, 9.17) is 9.84 Å². The van der Waals surface area contributed by atoms with Crippen molar-refractivity contribution in [2.24, 2.45) is 5.92 Å². The third-order valence-electron chi connectivity index (χ3n) is 2.44. The van der Waals surface area contributed by atoms with Crippen LogP contribution in [0.15, 0.2) is 0 Å². The number of carbonyl (C=O) groups is 1. The summed E-state index contributed by atoms with van der Waals surface area (Å²) in [6, 6.07) is -1.06. The molecule has 0 spiro atoms. The van der Waals surface area contributed by atoms with Crippen molar-refractivity contribution in [3.8, 4) is 0 Å². The van der Waals surface area contributed by atoms with Crippen LogP contribution in [-0.4, -0.2) is 55.9 Å². The Labute approximate surface area is 103 Å². The number of rotatable bonds is 8. The second-order valence-corrected chi connectivity index (χ2v) is 6.15. The van der Waals surface area contributed by atoms with Gasteiger partial charge in [0, 0.05) is 13.7 Å². The van der Waals surface area contributed by atoms with Crippen LogP contribution in [0.5, 0.6) is 0 Å². The van der Waals surface area contributed by atoms with Gasteiger partial charge in [-0.2, -0.15) is 4.31 Å². The van der Waals surface area contributed by atoms with Gasteiger partial charge in [0.15, 0.2) is 0 Å². The van der Waals surface area contributed by atoms with Crippen LogP contribution in [0, 0.1) is 5.92 Å². The minimum atomic E-state index is -3.56. The van der Waals surface area contributed by atoms with Crippen LogP contribution in [0.1, 0.15) is 20.8 Å². The predicted octanol–water partition coefficient (Wildman–Crippen LogP) is 0.394. The molecule has 1 N–H and O–H groups in total. The maximum atomic E-state index is 11.9. The Balaban J connectivity index is 4.52. The quantitative estimate of drug-likeness (QED) is 0.688. The fourth-order valence-corrected chi connectivity index (χ4v) is 2.86. The molecular formula is C10H21NO5S. The highest BCUT2D eigenvalue weighted by Crippen LogP contribution is 2.10. The molecule has 0 aromatic carbocycles. The molecule has 0 heterocycles. The molecule has 0 amide bonds. The Morgan fingerprint density at radius 1 is 1.41 bits per heavy atom. The van der Waals surface area contributed by atoms with Gasteiger partial charge < -0.3 is 9.84 Å². The van der Waals surface area contributed by atoms with Crippen molar-refractivity contribution in [1.82, 2.24) is 4.31 Å². The number of carboxylic acid groups (broad SMARTS) is 1. The maximum Gasteiger partial charge on any atom is 0.321 e. The molecule has 0 saturated heterocycles. The Morgan fingerprint density at radius 2 is 1.94 bits per heavy atom. The fourth-order valence-electron chi connectivity index (χ4n) is 1.24. The van der Waals surface area contributed by atoms with Gasteiger partial charge in [-0.05, 0) is 19.8 Å². The summed E-state index contributed by atoms with van der Waals surface area (Å²) in [6.07, 6.45) is 0. The lowest BCUT2D eigenvalue weighted by Crippen LogP contribution is -2.42. The Bertz CT molecular complexity index is 341. The lowest BCUT2D eigenvalue weighted by atomic mass is 10.2. The van der Waals surface area contributed by atoms with Crippen LogP contribution in [-0.2, 0) is 19.6 Å². The van der Waals surface area contributed by atoms with Crippen molar-refractivity contribution in [1.29, 1.82) is 0 Å². The SMILES string of the molecule is CCOCC(C)CS(=O)(=O)N(C)C(C)C(=O)O. The molecule has 0 aromatic rings. The third kappa shape index (κ3) is 5.47. The van der Waals surface area contributed by atoms with E-state index in [0.29, 0.717) is 13.2 Å². The molecule has 2 atom stereocenters. The predicted molar refractivity (Wildman–Crippen MR) is 64.3 cm³/mol. The highest BCUT2D eigenvalue weighted by molar-refractivity contribution is 7.89. The van der Waals surface area contributed by atoms with E-state index in [0.717, 1.165) is 4.31 Å². The average Bonchev–Trinajstić information content (AvgIpc) is 2.23. The maximum absolute atomic E-state index is 11.9. The standard InChI is InChI=1S/C10H21NO5S/c1-5-16-6-8(2)7-17(14,15)11(4)9(3)10(12)13/h8-9H,5-7H2,1-4H3,(H,12,13). The zero-order chi connectivity index (χ0) is 13.6. The van der Waals surface area contributed by atoms with Gasteiger partial charge in [-0.15, -0.1) is 0 Å². The fraction of sp³-hybridized carbons (Fsp3) is 0.900. The average molecular weight is 267 g/mol. The molecule has 0 aromatic heterocycles. The van der Waals surface area contributed by atoms with Crippen molar-refractivity contribution in [3.63, 3.8) is 0 Å². The molecule has 102 valence electrons. The van der Waals surface area contributed by atoms with Gasteiger partial charge >= 0.3 is 5.97 Å². The summed E-state index contributed by atoms with van der Waals surface area (Å²) >= 11 is 0. The van der Waals surface area contributed by atoms with Crippen LogP contribution in [0.25, 0.3) is 0 Å². The summed E-state index contributed by atoms with van der Waals surface area (Å²) in [4.78, 5) is 10.7. The zero-order valence-electron chi connectivity index (χ0n) is 10.7. The Hall–Kier alpha value is -0.660. The first-order valence-electron chi connectivity index (χ1n) is 5.48. The van der Waals surface area contributed by atoms with Gasteiger partial charge in [-0.3, -0.25) is 4.79 Å². The van der Waals surface area contributed by atoms with Gasteiger partial charge in [0.05, 0.1) is 12.4 Å². The minimum absolute atomic E-state index is 0.110. The molecule has 17 heavy (non-hydrogen) atoms. The summed E-state index contributed by atoms with van der Waals surface area (Å²) in [5.74, 6) is -1.43. The summed E-state index contributed by atoms with van der Waals surface area (Å²) in [6.45, 7) is 5.82. The van der Waals surface area contributed by atoms with E-state index in [2.05, 4.69) is 0 Å². The smallest absolute Gasteiger partial charge is 0.321 e. The summed E-state index contributed by atoms with van der Waals surface area (Å²) in [5, 5.41) is 8.76. The number of carboxylic acids is 1. The van der Waals surface area contributed by atoms with E-state index in [9.17, 15) is 13.2 Å². The number of nitrogens with zero attached hydrogens (tertiary/aromatic N) is 1. The van der Waals surface area contributed by atoms with Crippen molar-refractivity contribution >= 4 is 16.0 Å². The molecule has 0 radical (unpaired) electrons. The normalized spacial score (nSPS) is 15.8. The Morgan fingerprint density at radius 3 is 2.35 bits per heavy atom. The Kier molecular flexibility index (Phi) is 6.66. The highest BCUT2D eigenvalue weighted by atomic mass is 32.2. The topological polar surface area (TPSA) is 83.9 Å². The molecule has 0 fully saturated rings. The number of hydrogen-bond acceptors (Lipinski definition) is 4. The minimum Gasteiger partial charge on any atom is -0.480 e. The van der Waals surface area contributed by atoms with E-state index in [1.54, 1.807) is 6.92 Å². The summed E-state index contributed by atoms with van der Waals surface area (Å²) in [5.41, 5.74) is 0. The zero-order valence-corrected chi connectivity index (χ0v) is 11.5. The summed E-state index contributed by atoms with van der Waals surface area (Å²) in [7, 11) is -2.28. The van der Waals surface area contributed by atoms with Gasteiger partial charge in [0.25, 0.3) is 0 Å². The third-order valence-corrected chi connectivity index (χ3v) is 4.63. The van der Waals surface area contributed by atoms with Gasteiger partial charge in [-0.1, -0.05) is 6.92 Å². The van der Waals surface area contributed by atoms with E-state index in [-0.39, 0.29) is 11.7 Å². The van der Waals surface area contributed by atoms with Gasteiger partial charge in [0.1, 0.15) is 6.04 Å². The lowest BCUT2D eigenvalue weighted by Gasteiger charge is -2.22. The molecule has 2 unspecified atom stereocenters. The molecule has 0 bridgehead atoms. The van der Waals surface area contributed by atoms with Crippen LogP contribution >= 0.6 is 0 Å². The van der Waals surface area contributed by atoms with Crippen LogP contribution < -0.4 is 0 Å². The number of hydrogen-bond donors (Lipinski definition) is 1. The van der Waals surface area contributed by atoms with E-state index >= 15 is 0 Å². The van der Waals surface area contributed by atoms with E-state index in [1.165, 1.54) is 14.0 Å². The number of likely N-dealkylation sites (N-methyl/N-ethyl adjacent to an activating group) is 1. The monoisotopic (exact) mass is 267 g/mol. The first kappa shape index (κ1) is 16.3. The van der Waals surface area contributed by atoms with Crippen molar-refractivity contribution in [3.05, 3.63) is 0 Å². The van der Waals surface area contributed by atoms with Crippen molar-refractivity contribution < 1.29 is 23.1 Å². The molecule has 0 rings (SSSR count). The lowest BCUT2D eigenvalue weighted by molar-refractivity contribution is -0.140. The molecule has 0 saturated carbocycles. The number of aliphatic carboxylic acids is 1. The highest BCUT2D eigenvalue weighted by Gasteiger charge is 2.29. The van der Waals surface area contributed by atoms with Gasteiger partial charge in [-0.25, -0.2) is 8.42 Å². The number of ether oxygens (including phenoxy) is 1. The van der Waals surface area contributed by atoms with E-state index < -0.39 is 22.0 Å². The largest absolute Gasteiger partial charge is 0.480 e. The van der Waals surface area contributed by atoms with Crippen molar-refractivity contribution in [2.75, 3.05) is 26.0 Å². The van der Waals surface area contributed by atoms with Crippen molar-refractivity contribution in [2.45, 2.75) is 26.8 Å². The molecule has 0 aliphatic heterocycles. The molecule has 7 heteroatoms. The first-order chi connectivity index (χ1) is 7.72. The van der Waals surface area contributed by atoms with Crippen LogP contribution in [0.2, 0.25) is 0 Å².